The topological polar surface area (TPSA) is 50.6 Å². The van der Waals surface area contributed by atoms with Gasteiger partial charge in [-0.15, -0.1) is 0 Å². The van der Waals surface area contributed by atoms with Gasteiger partial charge in [-0.2, -0.15) is 0 Å². The summed E-state index contributed by atoms with van der Waals surface area (Å²) in [6.45, 7) is 4.79. The number of hydrogen-bond donors (Lipinski definition) is 0. The Balaban J connectivity index is 1.27. The van der Waals surface area contributed by atoms with Crippen LogP contribution in [0, 0.1) is 11.6 Å². The number of benzene rings is 4. The summed E-state index contributed by atoms with van der Waals surface area (Å²) in [4.78, 5) is 22.2. The molecule has 1 fully saturated rings. The van der Waals surface area contributed by atoms with Crippen molar-refractivity contribution >= 4 is 22.4 Å². The Morgan fingerprint density at radius 2 is 1.65 bits per heavy atom. The molecule has 0 atom stereocenters. The van der Waals surface area contributed by atoms with Crippen LogP contribution in [0.4, 0.5) is 14.5 Å². The van der Waals surface area contributed by atoms with Crippen molar-refractivity contribution in [3.8, 4) is 22.8 Å². The highest BCUT2D eigenvalue weighted by Gasteiger charge is 2.26. The molecule has 40 heavy (non-hydrogen) atoms. The zero-order chi connectivity index (χ0) is 27.6. The second-order valence-corrected chi connectivity index (χ2v) is 9.68. The molecule has 5 aromatic rings. The van der Waals surface area contributed by atoms with Gasteiger partial charge >= 0.3 is 0 Å². The zero-order valence-corrected chi connectivity index (χ0v) is 22.1. The van der Waals surface area contributed by atoms with E-state index in [1.165, 1.54) is 22.9 Å². The van der Waals surface area contributed by atoms with Gasteiger partial charge in [0.2, 0.25) is 0 Å². The lowest BCUT2D eigenvalue weighted by Gasteiger charge is -2.36. The molecule has 0 N–H and O–H groups in total. The molecule has 8 heteroatoms. The Morgan fingerprint density at radius 3 is 2.42 bits per heavy atom. The zero-order valence-electron chi connectivity index (χ0n) is 22.1. The van der Waals surface area contributed by atoms with Gasteiger partial charge in [0.05, 0.1) is 17.9 Å². The number of carbonyl (C=O) groups is 1. The van der Waals surface area contributed by atoms with Gasteiger partial charge in [0, 0.05) is 50.2 Å². The molecular formula is C32H28F2N4O2. The second kappa shape index (κ2) is 10.8. The minimum absolute atomic E-state index is 0.100. The summed E-state index contributed by atoms with van der Waals surface area (Å²) in [5.41, 5.74) is 2.07. The molecule has 1 aromatic heterocycles. The molecule has 0 radical (unpaired) electrons. The minimum Gasteiger partial charge on any atom is -0.494 e. The predicted octanol–water partition coefficient (Wildman–Crippen LogP) is 6.33. The van der Waals surface area contributed by atoms with Crippen molar-refractivity contribution in [3.63, 3.8) is 0 Å². The summed E-state index contributed by atoms with van der Waals surface area (Å²) in [6.07, 6.45) is 1.61. The summed E-state index contributed by atoms with van der Waals surface area (Å²) < 4.78 is 35.8. The minimum atomic E-state index is -0.754. The second-order valence-electron chi connectivity index (χ2n) is 9.68. The van der Waals surface area contributed by atoms with Crippen LogP contribution < -0.4 is 9.64 Å². The van der Waals surface area contributed by atoms with E-state index in [1.54, 1.807) is 21.7 Å². The molecule has 1 aliphatic rings. The molecule has 1 aliphatic heterocycles. The van der Waals surface area contributed by atoms with Crippen molar-refractivity contribution in [2.45, 2.75) is 6.92 Å². The lowest BCUT2D eigenvalue weighted by molar-refractivity contribution is 0.0741. The van der Waals surface area contributed by atoms with E-state index in [-0.39, 0.29) is 23.0 Å². The molecule has 2 heterocycles. The first-order chi connectivity index (χ1) is 19.5. The molecule has 1 amide bonds. The average Bonchev–Trinajstić information content (AvgIpc) is 3.42. The van der Waals surface area contributed by atoms with E-state index in [0.717, 1.165) is 11.8 Å². The number of imidazole rings is 1. The molecule has 6 rings (SSSR count). The van der Waals surface area contributed by atoms with Crippen molar-refractivity contribution in [1.29, 1.82) is 0 Å². The molecule has 0 aliphatic carbocycles. The summed E-state index contributed by atoms with van der Waals surface area (Å²) in [5.74, 6) is -0.822. The fourth-order valence-corrected chi connectivity index (χ4v) is 5.13. The van der Waals surface area contributed by atoms with E-state index in [4.69, 9.17) is 4.74 Å². The summed E-state index contributed by atoms with van der Waals surface area (Å²) >= 11 is 0. The monoisotopic (exact) mass is 538 g/mol. The highest BCUT2D eigenvalue weighted by atomic mass is 19.1. The molecule has 1 saturated heterocycles. The van der Waals surface area contributed by atoms with Crippen molar-refractivity contribution in [1.82, 2.24) is 14.5 Å². The number of piperazine rings is 1. The van der Waals surface area contributed by atoms with Crippen LogP contribution in [0.25, 0.3) is 27.8 Å². The van der Waals surface area contributed by atoms with E-state index < -0.39 is 11.6 Å². The number of rotatable bonds is 6. The number of hydrogen-bond acceptors (Lipinski definition) is 4. The van der Waals surface area contributed by atoms with E-state index >= 15 is 0 Å². The van der Waals surface area contributed by atoms with Crippen LogP contribution in [0.5, 0.6) is 5.75 Å². The molecular weight excluding hydrogens is 510 g/mol. The van der Waals surface area contributed by atoms with Crippen molar-refractivity contribution in [2.75, 3.05) is 37.7 Å². The number of amides is 1. The third-order valence-corrected chi connectivity index (χ3v) is 7.17. The van der Waals surface area contributed by atoms with Gasteiger partial charge in [0.25, 0.3) is 5.91 Å². The maximum absolute atomic E-state index is 14.9. The van der Waals surface area contributed by atoms with Gasteiger partial charge in [0.15, 0.2) is 0 Å². The summed E-state index contributed by atoms with van der Waals surface area (Å²) in [7, 11) is 0. The van der Waals surface area contributed by atoms with Crippen LogP contribution in [-0.2, 0) is 0 Å². The predicted molar refractivity (Wildman–Crippen MR) is 152 cm³/mol. The smallest absolute Gasteiger partial charge is 0.274 e. The lowest BCUT2D eigenvalue weighted by atomic mass is 10.1. The molecule has 202 valence electrons. The van der Waals surface area contributed by atoms with Crippen LogP contribution in [-0.4, -0.2) is 53.1 Å². The fourth-order valence-electron chi connectivity index (χ4n) is 5.13. The van der Waals surface area contributed by atoms with Crippen LogP contribution in [0.2, 0.25) is 0 Å². The third kappa shape index (κ3) is 5.00. The van der Waals surface area contributed by atoms with Crippen LogP contribution >= 0.6 is 0 Å². The number of anilines is 1. The number of halogens is 2. The van der Waals surface area contributed by atoms with E-state index in [2.05, 4.69) is 40.2 Å². The van der Waals surface area contributed by atoms with Gasteiger partial charge in [-0.05, 0) is 54.1 Å². The third-order valence-electron chi connectivity index (χ3n) is 7.17. The SMILES string of the molecule is CCOc1cccc(-n2cc(C(=O)N3CCN(c4ccc5ccccc5c4)CC3)nc2-c2ccc(F)cc2F)c1. The largest absolute Gasteiger partial charge is 0.494 e. The lowest BCUT2D eigenvalue weighted by Crippen LogP contribution is -2.48. The van der Waals surface area contributed by atoms with Gasteiger partial charge in [0.1, 0.15) is 28.9 Å². The average molecular weight is 539 g/mol. The van der Waals surface area contributed by atoms with E-state index in [0.29, 0.717) is 44.2 Å². The Hall–Kier alpha value is -4.72. The molecule has 0 spiro atoms. The van der Waals surface area contributed by atoms with Crippen LogP contribution in [0.1, 0.15) is 17.4 Å². The van der Waals surface area contributed by atoms with Gasteiger partial charge in [-0.3, -0.25) is 9.36 Å². The number of carbonyl (C=O) groups excluding carboxylic acids is 1. The first kappa shape index (κ1) is 25.6. The summed E-state index contributed by atoms with van der Waals surface area (Å²) in [5, 5.41) is 2.37. The van der Waals surface area contributed by atoms with Gasteiger partial charge in [-0.1, -0.05) is 36.4 Å². The maximum Gasteiger partial charge on any atom is 0.274 e. The van der Waals surface area contributed by atoms with Crippen molar-refractivity contribution in [3.05, 3.63) is 108 Å². The number of aromatic nitrogens is 2. The van der Waals surface area contributed by atoms with Gasteiger partial charge in [-0.25, -0.2) is 13.8 Å². The Kier molecular flexibility index (Phi) is 6.90. The maximum atomic E-state index is 14.9. The fraction of sp³-hybridized carbons (Fsp3) is 0.188. The molecule has 0 bridgehead atoms. The quantitative estimate of drug-likeness (QED) is 0.254. The number of fused-ring (bicyclic) bond motifs is 1. The Morgan fingerprint density at radius 1 is 0.850 bits per heavy atom. The molecule has 6 nitrogen and oxygen atoms in total. The van der Waals surface area contributed by atoms with E-state index in [1.807, 2.05) is 37.3 Å². The molecule has 4 aromatic carbocycles. The molecule has 0 unspecified atom stereocenters. The molecule has 0 saturated carbocycles. The highest BCUT2D eigenvalue weighted by molar-refractivity contribution is 5.93. The standard InChI is InChI=1S/C32H28F2N4O2/c1-2-40-27-9-5-8-26(20-27)38-21-30(35-31(38)28-13-11-24(33)19-29(28)34)32(39)37-16-14-36(15-17-37)25-12-10-22-6-3-4-7-23(22)18-25/h3-13,18-21H,2,14-17H2,1H3. The van der Waals surface area contributed by atoms with Crippen molar-refractivity contribution < 1.29 is 18.3 Å². The summed E-state index contributed by atoms with van der Waals surface area (Å²) in [6, 6.07) is 25.3. The van der Waals surface area contributed by atoms with Crippen molar-refractivity contribution in [2.24, 2.45) is 0 Å². The van der Waals surface area contributed by atoms with Crippen LogP contribution in [0.3, 0.4) is 0 Å². The van der Waals surface area contributed by atoms with E-state index in [9.17, 15) is 13.6 Å². The highest BCUT2D eigenvalue weighted by Crippen LogP contribution is 2.29. The number of nitrogens with zero attached hydrogens (tertiary/aromatic N) is 4. The Bertz CT molecular complexity index is 1690. The first-order valence-electron chi connectivity index (χ1n) is 13.3. The first-order valence-corrected chi connectivity index (χ1v) is 13.3. The van der Waals surface area contributed by atoms with Gasteiger partial charge < -0.3 is 14.5 Å². The Labute approximate surface area is 231 Å². The number of ether oxygens (including phenoxy) is 1. The normalized spacial score (nSPS) is 13.6. The van der Waals surface area contributed by atoms with Crippen LogP contribution in [0.15, 0.2) is 91.1 Å².